The van der Waals surface area contributed by atoms with Crippen molar-refractivity contribution in [3.05, 3.63) is 56.3 Å². The van der Waals surface area contributed by atoms with E-state index >= 15 is 0 Å². The van der Waals surface area contributed by atoms with E-state index in [1.807, 2.05) is 42.5 Å². The normalized spacial score (nSPS) is 10.8. The van der Waals surface area contributed by atoms with E-state index in [9.17, 15) is 4.79 Å². The monoisotopic (exact) mass is 424 g/mol. The SMILES string of the molecule is Nc1c(C(=O)Nc2cccc(Br)c2)sc2cccc(Br)c12. The van der Waals surface area contributed by atoms with Crippen molar-refractivity contribution in [3.8, 4) is 0 Å². The van der Waals surface area contributed by atoms with Crippen molar-refractivity contribution in [2.24, 2.45) is 0 Å². The van der Waals surface area contributed by atoms with E-state index in [4.69, 9.17) is 5.73 Å². The third kappa shape index (κ3) is 2.84. The summed E-state index contributed by atoms with van der Waals surface area (Å²) in [6.07, 6.45) is 0. The molecule has 106 valence electrons. The third-order valence-electron chi connectivity index (χ3n) is 2.99. The highest BCUT2D eigenvalue weighted by atomic mass is 79.9. The van der Waals surface area contributed by atoms with Gasteiger partial charge in [0.05, 0.1) is 5.69 Å². The summed E-state index contributed by atoms with van der Waals surface area (Å²) in [5.41, 5.74) is 7.37. The van der Waals surface area contributed by atoms with Gasteiger partial charge in [0.25, 0.3) is 5.91 Å². The Morgan fingerprint density at radius 1 is 1.14 bits per heavy atom. The number of carbonyl (C=O) groups is 1. The van der Waals surface area contributed by atoms with Gasteiger partial charge >= 0.3 is 0 Å². The summed E-state index contributed by atoms with van der Waals surface area (Å²) in [5, 5.41) is 3.76. The fourth-order valence-electron chi connectivity index (χ4n) is 2.05. The average molecular weight is 426 g/mol. The number of halogens is 2. The molecule has 21 heavy (non-hydrogen) atoms. The van der Waals surface area contributed by atoms with Crippen molar-refractivity contribution in [2.75, 3.05) is 11.1 Å². The first-order chi connectivity index (χ1) is 10.1. The van der Waals surface area contributed by atoms with E-state index in [1.165, 1.54) is 11.3 Å². The number of hydrogen-bond acceptors (Lipinski definition) is 3. The molecule has 1 amide bonds. The summed E-state index contributed by atoms with van der Waals surface area (Å²) in [5.74, 6) is -0.196. The number of rotatable bonds is 2. The Balaban J connectivity index is 1.99. The van der Waals surface area contributed by atoms with Crippen LogP contribution in [0.3, 0.4) is 0 Å². The van der Waals surface area contributed by atoms with Gasteiger partial charge in [0, 0.05) is 24.7 Å². The Kier molecular flexibility index (Phi) is 4.01. The van der Waals surface area contributed by atoms with Gasteiger partial charge in [0.1, 0.15) is 4.88 Å². The highest BCUT2D eigenvalue weighted by Crippen LogP contribution is 2.38. The number of amides is 1. The van der Waals surface area contributed by atoms with Crippen LogP contribution < -0.4 is 11.1 Å². The Morgan fingerprint density at radius 2 is 1.90 bits per heavy atom. The molecule has 3 aromatic rings. The highest BCUT2D eigenvalue weighted by molar-refractivity contribution is 9.11. The molecule has 0 aliphatic rings. The molecule has 3 nitrogen and oxygen atoms in total. The molecule has 0 fully saturated rings. The van der Waals surface area contributed by atoms with Crippen LogP contribution in [0.5, 0.6) is 0 Å². The molecule has 0 bridgehead atoms. The number of fused-ring (bicyclic) bond motifs is 1. The lowest BCUT2D eigenvalue weighted by Gasteiger charge is -2.04. The first kappa shape index (κ1) is 14.6. The number of nitrogens with two attached hydrogens (primary N) is 1. The molecule has 0 atom stereocenters. The zero-order valence-corrected chi connectivity index (χ0v) is 14.7. The Morgan fingerprint density at radius 3 is 2.62 bits per heavy atom. The smallest absolute Gasteiger partial charge is 0.267 e. The number of benzene rings is 2. The van der Waals surface area contributed by atoms with Gasteiger partial charge in [-0.15, -0.1) is 11.3 Å². The Bertz CT molecular complexity index is 845. The van der Waals surface area contributed by atoms with Crippen LogP contribution in [-0.4, -0.2) is 5.91 Å². The van der Waals surface area contributed by atoms with E-state index in [0.29, 0.717) is 10.6 Å². The van der Waals surface area contributed by atoms with Gasteiger partial charge in [-0.25, -0.2) is 0 Å². The van der Waals surface area contributed by atoms with Crippen molar-refractivity contribution in [1.29, 1.82) is 0 Å². The summed E-state index contributed by atoms with van der Waals surface area (Å²) in [6, 6.07) is 13.3. The van der Waals surface area contributed by atoms with E-state index < -0.39 is 0 Å². The molecular formula is C15H10Br2N2OS. The standard InChI is InChI=1S/C15H10Br2N2OS/c16-8-3-1-4-9(7-8)19-15(20)14-13(18)12-10(17)5-2-6-11(12)21-14/h1-7H,18H2,(H,19,20). The average Bonchev–Trinajstić information content (AvgIpc) is 2.77. The maximum atomic E-state index is 12.4. The fourth-order valence-corrected chi connectivity index (χ4v) is 4.21. The van der Waals surface area contributed by atoms with Crippen LogP contribution in [0.1, 0.15) is 9.67 Å². The van der Waals surface area contributed by atoms with Gasteiger partial charge in [-0.3, -0.25) is 4.79 Å². The van der Waals surface area contributed by atoms with Crippen molar-refractivity contribution in [2.45, 2.75) is 0 Å². The summed E-state index contributed by atoms with van der Waals surface area (Å²) in [6.45, 7) is 0. The van der Waals surface area contributed by atoms with Gasteiger partial charge in [-0.05, 0) is 30.3 Å². The summed E-state index contributed by atoms with van der Waals surface area (Å²) < 4.78 is 2.80. The Labute approximate surface area is 142 Å². The predicted octanol–water partition coefficient (Wildman–Crippen LogP) is 5.26. The second-order valence-corrected chi connectivity index (χ2v) is 7.24. The number of anilines is 2. The molecular weight excluding hydrogens is 416 g/mol. The molecule has 0 unspecified atom stereocenters. The van der Waals surface area contributed by atoms with Crippen molar-refractivity contribution in [1.82, 2.24) is 0 Å². The lowest BCUT2D eigenvalue weighted by molar-refractivity contribution is 0.103. The molecule has 0 saturated carbocycles. The second-order valence-electron chi connectivity index (χ2n) is 4.42. The third-order valence-corrected chi connectivity index (χ3v) is 5.31. The van der Waals surface area contributed by atoms with Crippen LogP contribution >= 0.6 is 43.2 Å². The van der Waals surface area contributed by atoms with Gasteiger partial charge in [-0.2, -0.15) is 0 Å². The van der Waals surface area contributed by atoms with Gasteiger partial charge in [0.2, 0.25) is 0 Å². The van der Waals surface area contributed by atoms with Crippen LogP contribution in [0.25, 0.3) is 10.1 Å². The molecule has 0 aliphatic carbocycles. The predicted molar refractivity (Wildman–Crippen MR) is 96.0 cm³/mol. The van der Waals surface area contributed by atoms with E-state index in [-0.39, 0.29) is 5.91 Å². The lowest BCUT2D eigenvalue weighted by atomic mass is 10.2. The molecule has 0 spiro atoms. The first-order valence-corrected chi connectivity index (χ1v) is 8.50. The molecule has 3 rings (SSSR count). The van der Waals surface area contributed by atoms with Crippen molar-refractivity contribution in [3.63, 3.8) is 0 Å². The number of hydrogen-bond donors (Lipinski definition) is 2. The topological polar surface area (TPSA) is 55.1 Å². The molecule has 1 aromatic heterocycles. The number of nitrogens with one attached hydrogen (secondary N) is 1. The zero-order valence-electron chi connectivity index (χ0n) is 10.7. The largest absolute Gasteiger partial charge is 0.397 e. The maximum Gasteiger partial charge on any atom is 0.267 e. The number of nitrogen functional groups attached to an aromatic ring is 1. The minimum atomic E-state index is -0.196. The first-order valence-electron chi connectivity index (χ1n) is 6.09. The van der Waals surface area contributed by atoms with E-state index in [0.717, 1.165) is 24.7 Å². The fraction of sp³-hybridized carbons (Fsp3) is 0. The molecule has 6 heteroatoms. The minimum Gasteiger partial charge on any atom is -0.397 e. The van der Waals surface area contributed by atoms with Crippen LogP contribution in [0, 0.1) is 0 Å². The van der Waals surface area contributed by atoms with Crippen molar-refractivity contribution < 1.29 is 4.79 Å². The minimum absolute atomic E-state index is 0.196. The molecule has 1 heterocycles. The highest BCUT2D eigenvalue weighted by Gasteiger charge is 2.18. The van der Waals surface area contributed by atoms with Gasteiger partial charge in [0.15, 0.2) is 0 Å². The molecule has 3 N–H and O–H groups in total. The van der Waals surface area contributed by atoms with E-state index in [1.54, 1.807) is 0 Å². The van der Waals surface area contributed by atoms with Crippen LogP contribution in [0.4, 0.5) is 11.4 Å². The molecule has 2 aromatic carbocycles. The zero-order chi connectivity index (χ0) is 15.0. The molecule has 0 saturated heterocycles. The Hall–Kier alpha value is -1.37. The lowest BCUT2D eigenvalue weighted by Crippen LogP contribution is -2.11. The van der Waals surface area contributed by atoms with Gasteiger partial charge in [-0.1, -0.05) is 44.0 Å². The second kappa shape index (κ2) is 5.79. The molecule has 0 radical (unpaired) electrons. The van der Waals surface area contributed by atoms with Gasteiger partial charge < -0.3 is 11.1 Å². The quantitative estimate of drug-likeness (QED) is 0.588. The van der Waals surface area contributed by atoms with Crippen molar-refractivity contribution >= 4 is 70.6 Å². The molecule has 0 aliphatic heterocycles. The number of carbonyl (C=O) groups excluding carboxylic acids is 1. The number of thiophene rings is 1. The maximum absolute atomic E-state index is 12.4. The van der Waals surface area contributed by atoms with Crippen LogP contribution in [0.15, 0.2) is 51.4 Å². The summed E-state index contributed by atoms with van der Waals surface area (Å²) in [7, 11) is 0. The van der Waals surface area contributed by atoms with Crippen LogP contribution in [0.2, 0.25) is 0 Å². The summed E-state index contributed by atoms with van der Waals surface area (Å²) >= 11 is 8.25. The summed E-state index contributed by atoms with van der Waals surface area (Å²) in [4.78, 5) is 12.9. The van der Waals surface area contributed by atoms with Crippen LogP contribution in [-0.2, 0) is 0 Å². The van der Waals surface area contributed by atoms with E-state index in [2.05, 4.69) is 37.2 Å².